The third-order valence-corrected chi connectivity index (χ3v) is 3.30. The second-order valence-electron chi connectivity index (χ2n) is 4.57. The molecule has 2 aromatic rings. The Kier molecular flexibility index (Phi) is 2.74. The number of hydrazine groups is 1. The minimum Gasteiger partial charge on any atom is -0.360 e. The standard InChI is InChI=1S/C13H10F3N3O2/c14-13(15,16)12(21)5-6-18-19(12)11(20)9-7-17-10-4-2-1-3-8(9)10/h1-7,17-18,21H/t12-/m0/s1. The van der Waals surface area contributed by atoms with Crippen LogP contribution in [0.2, 0.25) is 0 Å². The largest absolute Gasteiger partial charge is 0.442 e. The SMILES string of the molecule is O=C(c1c[nH]c2ccccc12)N1NC=C[C@]1(O)C(F)(F)F. The van der Waals surface area contributed by atoms with Crippen molar-refractivity contribution >= 4 is 16.8 Å². The van der Waals surface area contributed by atoms with Crippen LogP contribution < -0.4 is 5.43 Å². The molecule has 8 heteroatoms. The topological polar surface area (TPSA) is 68.4 Å². The molecule has 0 saturated carbocycles. The summed E-state index contributed by atoms with van der Waals surface area (Å²) in [6.07, 6.45) is -2.35. The molecule has 0 aliphatic carbocycles. The number of amides is 1. The van der Waals surface area contributed by atoms with Crippen LogP contribution in [0.15, 0.2) is 42.7 Å². The van der Waals surface area contributed by atoms with Crippen molar-refractivity contribution in [2.75, 3.05) is 0 Å². The zero-order valence-electron chi connectivity index (χ0n) is 10.5. The fourth-order valence-electron chi connectivity index (χ4n) is 2.20. The molecule has 5 nitrogen and oxygen atoms in total. The van der Waals surface area contributed by atoms with E-state index < -0.39 is 17.8 Å². The Hall–Kier alpha value is -2.48. The minimum atomic E-state index is -5.02. The zero-order chi connectivity index (χ0) is 15.3. The molecule has 0 bridgehead atoms. The van der Waals surface area contributed by atoms with Gasteiger partial charge < -0.3 is 10.1 Å². The number of nitrogens with one attached hydrogen (secondary N) is 2. The van der Waals surface area contributed by atoms with Crippen molar-refractivity contribution in [3.63, 3.8) is 0 Å². The predicted octanol–water partition coefficient (Wildman–Crippen LogP) is 1.89. The monoisotopic (exact) mass is 297 g/mol. The summed E-state index contributed by atoms with van der Waals surface area (Å²) in [4.78, 5) is 15.1. The van der Waals surface area contributed by atoms with Gasteiger partial charge in [0, 0.05) is 23.3 Å². The highest BCUT2D eigenvalue weighted by atomic mass is 19.4. The quantitative estimate of drug-likeness (QED) is 0.753. The molecule has 1 aliphatic heterocycles. The second kappa shape index (κ2) is 4.26. The number of aromatic amines is 1. The molecule has 1 amide bonds. The number of hydrogen-bond acceptors (Lipinski definition) is 3. The number of rotatable bonds is 1. The van der Waals surface area contributed by atoms with E-state index in [1.165, 1.54) is 6.20 Å². The van der Waals surface area contributed by atoms with Gasteiger partial charge in [-0.1, -0.05) is 18.2 Å². The molecule has 0 fully saturated rings. The molecule has 21 heavy (non-hydrogen) atoms. The Bertz CT molecular complexity index is 738. The Balaban J connectivity index is 2.03. The number of benzene rings is 1. The van der Waals surface area contributed by atoms with E-state index in [-0.39, 0.29) is 10.6 Å². The van der Waals surface area contributed by atoms with Gasteiger partial charge >= 0.3 is 6.18 Å². The van der Waals surface area contributed by atoms with Crippen LogP contribution in [0.4, 0.5) is 13.2 Å². The Labute approximate surface area is 116 Å². The smallest absolute Gasteiger partial charge is 0.360 e. The van der Waals surface area contributed by atoms with Crippen molar-refractivity contribution in [2.45, 2.75) is 11.9 Å². The molecule has 3 rings (SSSR count). The van der Waals surface area contributed by atoms with Crippen molar-refractivity contribution in [1.82, 2.24) is 15.4 Å². The summed E-state index contributed by atoms with van der Waals surface area (Å²) < 4.78 is 38.9. The summed E-state index contributed by atoms with van der Waals surface area (Å²) >= 11 is 0. The van der Waals surface area contributed by atoms with Gasteiger partial charge in [-0.3, -0.25) is 10.2 Å². The van der Waals surface area contributed by atoms with Crippen molar-refractivity contribution in [3.05, 3.63) is 48.3 Å². The van der Waals surface area contributed by atoms with Crippen LogP contribution in [0.25, 0.3) is 10.9 Å². The first-order valence-corrected chi connectivity index (χ1v) is 5.98. The molecule has 0 unspecified atom stereocenters. The van der Waals surface area contributed by atoms with E-state index in [1.807, 2.05) is 0 Å². The number of hydrogen-bond donors (Lipinski definition) is 3. The van der Waals surface area contributed by atoms with Crippen molar-refractivity contribution < 1.29 is 23.1 Å². The van der Waals surface area contributed by atoms with Gasteiger partial charge in [-0.2, -0.15) is 13.2 Å². The maximum Gasteiger partial charge on any atom is 0.442 e. The van der Waals surface area contributed by atoms with Gasteiger partial charge in [0.05, 0.1) is 5.56 Å². The van der Waals surface area contributed by atoms with Crippen molar-refractivity contribution in [1.29, 1.82) is 0 Å². The highest BCUT2D eigenvalue weighted by molar-refractivity contribution is 6.07. The summed E-state index contributed by atoms with van der Waals surface area (Å²) in [5.74, 6) is -0.989. The van der Waals surface area contributed by atoms with Gasteiger partial charge in [-0.15, -0.1) is 0 Å². The van der Waals surface area contributed by atoms with Crippen LogP contribution in [0, 0.1) is 0 Å². The molecule has 0 radical (unpaired) electrons. The van der Waals surface area contributed by atoms with Gasteiger partial charge in [0.1, 0.15) is 0 Å². The van der Waals surface area contributed by atoms with E-state index in [0.717, 1.165) is 6.20 Å². The third kappa shape index (κ3) is 1.87. The van der Waals surface area contributed by atoms with Crippen LogP contribution >= 0.6 is 0 Å². The molecule has 1 aromatic carbocycles. The predicted molar refractivity (Wildman–Crippen MR) is 67.7 cm³/mol. The highest BCUT2D eigenvalue weighted by Gasteiger charge is 2.60. The van der Waals surface area contributed by atoms with Gasteiger partial charge in [-0.05, 0) is 12.1 Å². The van der Waals surface area contributed by atoms with E-state index in [0.29, 0.717) is 17.0 Å². The zero-order valence-corrected chi connectivity index (χ0v) is 10.5. The van der Waals surface area contributed by atoms with Crippen molar-refractivity contribution in [3.8, 4) is 0 Å². The number of carbonyl (C=O) groups is 1. The molecular weight excluding hydrogens is 287 g/mol. The number of carbonyl (C=O) groups excluding carboxylic acids is 1. The Morgan fingerprint density at radius 3 is 2.71 bits per heavy atom. The number of nitrogens with zero attached hydrogens (tertiary/aromatic N) is 1. The molecular formula is C13H10F3N3O2. The second-order valence-corrected chi connectivity index (χ2v) is 4.57. The average molecular weight is 297 g/mol. The first-order valence-electron chi connectivity index (χ1n) is 5.98. The highest BCUT2D eigenvalue weighted by Crippen LogP contribution is 2.37. The van der Waals surface area contributed by atoms with Crippen LogP contribution in [0.5, 0.6) is 0 Å². The van der Waals surface area contributed by atoms with E-state index in [4.69, 9.17) is 0 Å². The first-order chi connectivity index (χ1) is 9.84. The third-order valence-electron chi connectivity index (χ3n) is 3.30. The lowest BCUT2D eigenvalue weighted by atomic mass is 10.1. The number of aliphatic hydroxyl groups is 1. The summed E-state index contributed by atoms with van der Waals surface area (Å²) in [7, 11) is 0. The summed E-state index contributed by atoms with van der Waals surface area (Å²) in [5.41, 5.74) is -0.600. The van der Waals surface area contributed by atoms with Crippen LogP contribution in [-0.4, -0.2) is 32.9 Å². The maximum atomic E-state index is 13.0. The van der Waals surface area contributed by atoms with Crippen LogP contribution in [-0.2, 0) is 0 Å². The number of H-pyrrole nitrogens is 1. The van der Waals surface area contributed by atoms with Crippen LogP contribution in [0.1, 0.15) is 10.4 Å². The molecule has 1 aromatic heterocycles. The molecule has 0 saturated heterocycles. The van der Waals surface area contributed by atoms with E-state index in [9.17, 15) is 23.1 Å². The van der Waals surface area contributed by atoms with Crippen LogP contribution in [0.3, 0.4) is 0 Å². The normalized spacial score (nSPS) is 21.8. The Morgan fingerprint density at radius 2 is 2.00 bits per heavy atom. The lowest BCUT2D eigenvalue weighted by Crippen LogP contribution is -2.60. The Morgan fingerprint density at radius 1 is 1.29 bits per heavy atom. The fourth-order valence-corrected chi connectivity index (χ4v) is 2.20. The molecule has 110 valence electrons. The fraction of sp³-hybridized carbons (Fsp3) is 0.154. The molecule has 0 spiro atoms. The summed E-state index contributed by atoms with van der Waals surface area (Å²) in [5, 5.41) is 10.4. The van der Waals surface area contributed by atoms with Gasteiger partial charge in [0.25, 0.3) is 11.6 Å². The van der Waals surface area contributed by atoms with E-state index >= 15 is 0 Å². The van der Waals surface area contributed by atoms with E-state index in [1.54, 1.807) is 24.3 Å². The number of halogens is 3. The number of fused-ring (bicyclic) bond motifs is 1. The van der Waals surface area contributed by atoms with Gasteiger partial charge in [-0.25, -0.2) is 5.01 Å². The lowest BCUT2D eigenvalue weighted by molar-refractivity contribution is -0.283. The molecule has 2 heterocycles. The van der Waals surface area contributed by atoms with Gasteiger partial charge in [0.2, 0.25) is 0 Å². The maximum absolute atomic E-state index is 13.0. The molecule has 3 N–H and O–H groups in total. The number of para-hydroxylation sites is 1. The minimum absolute atomic E-state index is 0.0319. The lowest BCUT2D eigenvalue weighted by Gasteiger charge is -2.33. The number of alkyl halides is 3. The van der Waals surface area contributed by atoms with E-state index in [2.05, 4.69) is 10.4 Å². The molecule has 1 atom stereocenters. The van der Waals surface area contributed by atoms with Gasteiger partial charge in [0.15, 0.2) is 0 Å². The number of aromatic nitrogens is 1. The average Bonchev–Trinajstić information content (AvgIpc) is 3.01. The summed E-state index contributed by atoms with van der Waals surface area (Å²) in [6, 6.07) is 6.69. The first kappa shape index (κ1) is 13.5. The van der Waals surface area contributed by atoms with Crippen molar-refractivity contribution in [2.24, 2.45) is 0 Å². The molecule has 1 aliphatic rings. The summed E-state index contributed by atoms with van der Waals surface area (Å²) in [6.45, 7) is 0.